The highest BCUT2D eigenvalue weighted by molar-refractivity contribution is 6.31. The Morgan fingerprint density at radius 3 is 1.06 bits per heavy atom. The zero-order valence-electron chi connectivity index (χ0n) is 38.4. The van der Waals surface area contributed by atoms with Gasteiger partial charge in [0.15, 0.2) is 17.4 Å². The molecule has 72 heavy (non-hydrogen) atoms. The van der Waals surface area contributed by atoms with Crippen LogP contribution in [0.5, 0.6) is 0 Å². The minimum atomic E-state index is -0.204. The van der Waals surface area contributed by atoms with Crippen LogP contribution in [0.3, 0.4) is 0 Å². The molecule has 0 aliphatic rings. The number of hydrogen-bond acceptors (Lipinski definition) is 9. The van der Waals surface area contributed by atoms with Crippen molar-refractivity contribution >= 4 is 46.7 Å². The second kappa shape index (κ2) is 23.8. The summed E-state index contributed by atoms with van der Waals surface area (Å²) in [5, 5.41) is 15.1. The smallest absolute Gasteiger partial charge is 0.185 e. The van der Waals surface area contributed by atoms with Crippen molar-refractivity contribution in [3.05, 3.63) is 257 Å². The van der Waals surface area contributed by atoms with Gasteiger partial charge in [0, 0.05) is 37.9 Å². The van der Waals surface area contributed by atoms with Gasteiger partial charge in [-0.3, -0.25) is 15.6 Å². The molecule has 4 heterocycles. The van der Waals surface area contributed by atoms with Gasteiger partial charge in [-0.2, -0.15) is 0 Å². The molecule has 0 fully saturated rings. The summed E-state index contributed by atoms with van der Waals surface area (Å²) in [7, 11) is 0. The Kier molecular flexibility index (Phi) is 16.3. The molecule has 6 aromatic carbocycles. The fraction of sp³-hybridized carbons (Fsp3) is 0. The minimum Gasteiger partial charge on any atom is -0.382 e. The molecule has 0 spiro atoms. The number of nitrogens with two attached hydrogens (primary N) is 2. The standard InChI is InChI=1S/C37H24ClN5.C15H12O.C7H8ClN5/c38-29-21-34(36-40-30(25-13-5-1-6-14-25)23-31(41-36)26-15-7-2-8-16-26)39-35(22-29)37-42-32(27-17-9-3-10-18-27)24-33(43-37)28-19-11-4-12-20-28;16-15(14-9-5-2-6-10-14)12-11-13-7-3-1-4-8-13;8-3-1-4(6(9)10)13-5(2-3)7(11)12/h1-24H;1-12H;1-2H,(H3,9,10)(H3,11,12)/b;12-11+;. The van der Waals surface area contributed by atoms with E-state index in [1.807, 2.05) is 200 Å². The first kappa shape index (κ1) is 49.1. The molecule has 350 valence electrons. The summed E-state index contributed by atoms with van der Waals surface area (Å²) in [4.78, 5) is 40.3. The summed E-state index contributed by atoms with van der Waals surface area (Å²) in [6.07, 6.45) is 3.43. The molecule has 6 N–H and O–H groups in total. The van der Waals surface area contributed by atoms with Crippen LogP contribution in [0.15, 0.2) is 224 Å². The lowest BCUT2D eigenvalue weighted by molar-refractivity contribution is 0.104. The number of benzene rings is 6. The topological polar surface area (TPSA) is 194 Å². The molecule has 11 nitrogen and oxygen atoms in total. The van der Waals surface area contributed by atoms with Crippen LogP contribution in [0.2, 0.25) is 10.0 Å². The van der Waals surface area contributed by atoms with Crippen molar-refractivity contribution in [2.24, 2.45) is 11.5 Å². The number of nitrogens with zero attached hydrogens (tertiary/aromatic N) is 6. The lowest BCUT2D eigenvalue weighted by atomic mass is 10.1. The van der Waals surface area contributed by atoms with Gasteiger partial charge in [0.1, 0.15) is 34.4 Å². The van der Waals surface area contributed by atoms with Crippen molar-refractivity contribution in [1.82, 2.24) is 29.9 Å². The van der Waals surface area contributed by atoms with E-state index in [0.717, 1.165) is 56.2 Å². The summed E-state index contributed by atoms with van der Waals surface area (Å²) in [6, 6.07) is 69.7. The number of carbonyl (C=O) groups is 1. The van der Waals surface area contributed by atoms with Crippen molar-refractivity contribution in [3.8, 4) is 68.1 Å². The molecular formula is C59H44Cl2N10O. The normalized spacial score (nSPS) is 10.6. The molecule has 0 amide bonds. The summed E-state index contributed by atoms with van der Waals surface area (Å²) < 4.78 is 0. The molecule has 0 radical (unpaired) electrons. The number of ketones is 1. The summed E-state index contributed by atoms with van der Waals surface area (Å²) in [6.45, 7) is 0. The van der Waals surface area contributed by atoms with Gasteiger partial charge in [-0.15, -0.1) is 0 Å². The van der Waals surface area contributed by atoms with E-state index < -0.39 is 0 Å². The highest BCUT2D eigenvalue weighted by Gasteiger charge is 2.17. The van der Waals surface area contributed by atoms with Crippen LogP contribution in [0.25, 0.3) is 74.1 Å². The number of pyridine rings is 2. The van der Waals surface area contributed by atoms with Gasteiger partial charge in [-0.25, -0.2) is 29.9 Å². The molecule has 13 heteroatoms. The van der Waals surface area contributed by atoms with Crippen molar-refractivity contribution in [2.75, 3.05) is 0 Å². The van der Waals surface area contributed by atoms with E-state index in [1.54, 1.807) is 18.2 Å². The zero-order chi connectivity index (χ0) is 50.2. The molecule has 0 unspecified atom stereocenters. The van der Waals surface area contributed by atoms with Crippen LogP contribution >= 0.6 is 23.2 Å². The highest BCUT2D eigenvalue weighted by Crippen LogP contribution is 2.32. The van der Waals surface area contributed by atoms with E-state index in [-0.39, 0.29) is 28.8 Å². The van der Waals surface area contributed by atoms with Crippen LogP contribution in [0.1, 0.15) is 27.3 Å². The Bertz CT molecular complexity index is 3200. The van der Waals surface area contributed by atoms with Gasteiger partial charge in [0.25, 0.3) is 0 Å². The average Bonchev–Trinajstić information content (AvgIpc) is 3.43. The lowest BCUT2D eigenvalue weighted by Crippen LogP contribution is -2.18. The van der Waals surface area contributed by atoms with Gasteiger partial charge in [-0.1, -0.05) is 211 Å². The fourth-order valence-corrected chi connectivity index (χ4v) is 7.50. The summed E-state index contributed by atoms with van der Waals surface area (Å²) >= 11 is 12.4. The third-order valence-corrected chi connectivity index (χ3v) is 11.0. The van der Waals surface area contributed by atoms with Crippen molar-refractivity contribution in [2.45, 2.75) is 0 Å². The number of rotatable bonds is 11. The van der Waals surface area contributed by atoms with E-state index in [9.17, 15) is 4.79 Å². The number of hydrogen-bond donors (Lipinski definition) is 4. The SMILES string of the molecule is Clc1cc(-c2nc(-c3ccccc3)cc(-c3ccccc3)n2)nc(-c2nc(-c3ccccc3)cc(-c3ccccc3)n2)c1.N=C(N)c1cc(Cl)cc(C(=N)N)n1.O=C(/C=C/c1ccccc1)c1ccccc1. The predicted molar refractivity (Wildman–Crippen MR) is 291 cm³/mol. The Morgan fingerprint density at radius 1 is 0.389 bits per heavy atom. The molecule has 0 atom stereocenters. The lowest BCUT2D eigenvalue weighted by Gasteiger charge is -2.11. The molecule has 10 rings (SSSR count). The fourth-order valence-electron chi connectivity index (χ4n) is 7.08. The Hall–Kier alpha value is -9.29. The number of amidine groups is 2. The van der Waals surface area contributed by atoms with Crippen molar-refractivity contribution in [3.63, 3.8) is 0 Å². The largest absolute Gasteiger partial charge is 0.382 e. The maximum atomic E-state index is 11.7. The molecule has 10 aromatic rings. The quantitative estimate of drug-likeness (QED) is 0.0422. The number of nitrogens with one attached hydrogen (secondary N) is 2. The minimum absolute atomic E-state index is 0.0319. The number of aromatic nitrogens is 6. The summed E-state index contributed by atoms with van der Waals surface area (Å²) in [5.41, 5.74) is 20.8. The van der Waals surface area contributed by atoms with Gasteiger partial charge in [0.2, 0.25) is 0 Å². The molecule has 0 aliphatic carbocycles. The molecule has 0 saturated heterocycles. The number of halogens is 2. The Balaban J connectivity index is 0.000000194. The van der Waals surface area contributed by atoms with E-state index in [1.165, 1.54) is 12.1 Å². The van der Waals surface area contributed by atoms with Gasteiger partial charge in [0.05, 0.1) is 22.8 Å². The van der Waals surface area contributed by atoms with E-state index >= 15 is 0 Å². The van der Waals surface area contributed by atoms with E-state index in [2.05, 4.69) is 4.98 Å². The first-order chi connectivity index (χ1) is 35.1. The van der Waals surface area contributed by atoms with Crippen LogP contribution in [0.4, 0.5) is 0 Å². The molecule has 0 saturated carbocycles. The van der Waals surface area contributed by atoms with Crippen LogP contribution in [0, 0.1) is 10.8 Å². The number of nitrogen functional groups attached to an aromatic ring is 2. The van der Waals surface area contributed by atoms with Gasteiger partial charge < -0.3 is 11.5 Å². The Morgan fingerprint density at radius 2 is 0.708 bits per heavy atom. The maximum absolute atomic E-state index is 11.7. The van der Waals surface area contributed by atoms with Gasteiger partial charge >= 0.3 is 0 Å². The monoisotopic (exact) mass is 978 g/mol. The van der Waals surface area contributed by atoms with Gasteiger partial charge in [-0.05, 0) is 48.0 Å². The zero-order valence-corrected chi connectivity index (χ0v) is 40.0. The average molecular weight is 980 g/mol. The molecule has 4 aromatic heterocycles. The Labute approximate surface area is 426 Å². The van der Waals surface area contributed by atoms with E-state index in [4.69, 9.17) is 70.4 Å². The summed E-state index contributed by atoms with van der Waals surface area (Å²) in [5.74, 6) is 0.553. The molecule has 0 bridgehead atoms. The third kappa shape index (κ3) is 13.3. The second-order valence-corrected chi connectivity index (χ2v) is 16.7. The predicted octanol–water partition coefficient (Wildman–Crippen LogP) is 13.2. The third-order valence-electron chi connectivity index (χ3n) is 10.6. The van der Waals surface area contributed by atoms with Crippen molar-refractivity contribution in [1.29, 1.82) is 10.8 Å². The second-order valence-electron chi connectivity index (χ2n) is 15.8. The molecule has 0 aliphatic heterocycles. The van der Waals surface area contributed by atoms with E-state index in [0.29, 0.717) is 33.1 Å². The van der Waals surface area contributed by atoms with Crippen LogP contribution < -0.4 is 11.5 Å². The first-order valence-electron chi connectivity index (χ1n) is 22.4. The van der Waals surface area contributed by atoms with Crippen molar-refractivity contribution < 1.29 is 4.79 Å². The highest BCUT2D eigenvalue weighted by atomic mass is 35.5. The van der Waals surface area contributed by atoms with Crippen LogP contribution in [-0.4, -0.2) is 47.4 Å². The number of carbonyl (C=O) groups excluding carboxylic acids is 1. The maximum Gasteiger partial charge on any atom is 0.185 e. The first-order valence-corrected chi connectivity index (χ1v) is 23.2. The number of allylic oxidation sites excluding steroid dienone is 1. The van der Waals surface area contributed by atoms with Crippen LogP contribution in [-0.2, 0) is 0 Å². The molecular weight excluding hydrogens is 936 g/mol.